The number of carbonyl (C=O) groups is 1. The lowest BCUT2D eigenvalue weighted by Crippen LogP contribution is -2.48. The van der Waals surface area contributed by atoms with Gasteiger partial charge in [-0.25, -0.2) is 0 Å². The molecule has 1 heterocycles. The van der Waals surface area contributed by atoms with Crippen LogP contribution in [0.3, 0.4) is 0 Å². The van der Waals surface area contributed by atoms with Crippen LogP contribution in [0.15, 0.2) is 24.3 Å². The van der Waals surface area contributed by atoms with E-state index in [1.54, 1.807) is 0 Å². The maximum atomic E-state index is 12.4. The number of ether oxygens (including phenoxy) is 1. The molecule has 1 aliphatic heterocycles. The number of hydrogen-bond acceptors (Lipinski definition) is 3. The van der Waals surface area contributed by atoms with Gasteiger partial charge in [0.25, 0.3) is 5.91 Å². The molecule has 0 aromatic heterocycles. The summed E-state index contributed by atoms with van der Waals surface area (Å²) in [6.45, 7) is 5.34. The first-order chi connectivity index (χ1) is 8.97. The molecule has 4 nitrogen and oxygen atoms in total. The van der Waals surface area contributed by atoms with Gasteiger partial charge in [0, 0.05) is 38.4 Å². The maximum absolute atomic E-state index is 12.4. The van der Waals surface area contributed by atoms with Gasteiger partial charge in [-0.05, 0) is 38.1 Å². The van der Waals surface area contributed by atoms with Crippen LogP contribution in [0.2, 0.25) is 0 Å². The molecule has 1 aromatic rings. The lowest BCUT2D eigenvalue weighted by atomic mass is 10.1. The Morgan fingerprint density at radius 3 is 2.16 bits per heavy atom. The SMILES string of the molecule is CC1CN(C(=O)c2ccc(N(C)C)cc2)CC(C)O1. The van der Waals surface area contributed by atoms with Crippen LogP contribution in [-0.4, -0.2) is 50.2 Å². The average Bonchev–Trinajstić information content (AvgIpc) is 2.37. The fourth-order valence-corrected chi connectivity index (χ4v) is 2.43. The van der Waals surface area contributed by atoms with Gasteiger partial charge >= 0.3 is 0 Å². The van der Waals surface area contributed by atoms with E-state index in [4.69, 9.17) is 4.74 Å². The number of rotatable bonds is 2. The van der Waals surface area contributed by atoms with Gasteiger partial charge in [-0.2, -0.15) is 0 Å². The molecule has 104 valence electrons. The van der Waals surface area contributed by atoms with Gasteiger partial charge in [0.15, 0.2) is 0 Å². The molecule has 2 rings (SSSR count). The van der Waals surface area contributed by atoms with E-state index in [0.29, 0.717) is 13.1 Å². The quantitative estimate of drug-likeness (QED) is 0.817. The molecule has 0 radical (unpaired) electrons. The monoisotopic (exact) mass is 262 g/mol. The molecule has 2 atom stereocenters. The van der Waals surface area contributed by atoms with Gasteiger partial charge in [0.2, 0.25) is 0 Å². The number of nitrogens with zero attached hydrogens (tertiary/aromatic N) is 2. The predicted octanol–water partition coefficient (Wildman–Crippen LogP) is 2.00. The van der Waals surface area contributed by atoms with E-state index in [1.807, 2.05) is 62.0 Å². The minimum Gasteiger partial charge on any atom is -0.378 e. The standard InChI is InChI=1S/C15H22N2O2/c1-11-9-17(10-12(2)19-11)15(18)13-5-7-14(8-6-13)16(3)4/h5-8,11-12H,9-10H2,1-4H3. The van der Waals surface area contributed by atoms with Gasteiger partial charge < -0.3 is 14.5 Å². The van der Waals surface area contributed by atoms with Crippen molar-refractivity contribution in [3.63, 3.8) is 0 Å². The van der Waals surface area contributed by atoms with Gasteiger partial charge in [0.1, 0.15) is 0 Å². The van der Waals surface area contributed by atoms with E-state index in [9.17, 15) is 4.79 Å². The van der Waals surface area contributed by atoms with Crippen molar-refractivity contribution in [2.45, 2.75) is 26.1 Å². The van der Waals surface area contributed by atoms with E-state index in [1.165, 1.54) is 0 Å². The minimum atomic E-state index is 0.0901. The highest BCUT2D eigenvalue weighted by molar-refractivity contribution is 5.94. The number of carbonyl (C=O) groups excluding carboxylic acids is 1. The third kappa shape index (κ3) is 3.26. The zero-order chi connectivity index (χ0) is 14.0. The molecule has 1 aliphatic rings. The van der Waals surface area contributed by atoms with Crippen molar-refractivity contribution >= 4 is 11.6 Å². The largest absolute Gasteiger partial charge is 0.378 e. The zero-order valence-electron chi connectivity index (χ0n) is 12.1. The third-order valence-electron chi connectivity index (χ3n) is 3.34. The Kier molecular flexibility index (Phi) is 4.10. The van der Waals surface area contributed by atoms with Crippen LogP contribution >= 0.6 is 0 Å². The van der Waals surface area contributed by atoms with Crippen molar-refractivity contribution in [3.8, 4) is 0 Å². The van der Waals surface area contributed by atoms with Gasteiger partial charge in [-0.3, -0.25) is 4.79 Å². The van der Waals surface area contributed by atoms with Gasteiger partial charge in [-0.15, -0.1) is 0 Å². The molecule has 0 bridgehead atoms. The molecular weight excluding hydrogens is 240 g/mol. The number of hydrogen-bond donors (Lipinski definition) is 0. The van der Waals surface area contributed by atoms with E-state index < -0.39 is 0 Å². The molecular formula is C15H22N2O2. The Morgan fingerprint density at radius 1 is 1.16 bits per heavy atom. The summed E-state index contributed by atoms with van der Waals surface area (Å²) in [6.07, 6.45) is 0.211. The van der Waals surface area contributed by atoms with Crippen molar-refractivity contribution in [2.75, 3.05) is 32.1 Å². The Labute approximate surface area is 115 Å². The highest BCUT2D eigenvalue weighted by atomic mass is 16.5. The van der Waals surface area contributed by atoms with Crippen LogP contribution in [-0.2, 0) is 4.74 Å². The molecule has 0 aliphatic carbocycles. The summed E-state index contributed by atoms with van der Waals surface area (Å²) in [5, 5.41) is 0. The van der Waals surface area contributed by atoms with Crippen molar-refractivity contribution in [1.29, 1.82) is 0 Å². The Bertz CT molecular complexity index is 432. The van der Waals surface area contributed by atoms with Crippen molar-refractivity contribution < 1.29 is 9.53 Å². The van der Waals surface area contributed by atoms with E-state index >= 15 is 0 Å². The van der Waals surface area contributed by atoms with Crippen molar-refractivity contribution in [3.05, 3.63) is 29.8 Å². The number of amides is 1. The lowest BCUT2D eigenvalue weighted by Gasteiger charge is -2.35. The number of benzene rings is 1. The van der Waals surface area contributed by atoms with Crippen molar-refractivity contribution in [2.24, 2.45) is 0 Å². The Morgan fingerprint density at radius 2 is 1.68 bits per heavy atom. The Balaban J connectivity index is 2.10. The van der Waals surface area contributed by atoms with Gasteiger partial charge in [-0.1, -0.05) is 0 Å². The summed E-state index contributed by atoms with van der Waals surface area (Å²) in [4.78, 5) is 16.3. The third-order valence-corrected chi connectivity index (χ3v) is 3.34. The first kappa shape index (κ1) is 13.9. The first-order valence-corrected chi connectivity index (χ1v) is 6.69. The summed E-state index contributed by atoms with van der Waals surface area (Å²) in [7, 11) is 3.98. The van der Waals surface area contributed by atoms with E-state index in [2.05, 4.69) is 0 Å². The maximum Gasteiger partial charge on any atom is 0.254 e. The number of morpholine rings is 1. The van der Waals surface area contributed by atoms with Crippen LogP contribution in [0, 0.1) is 0 Å². The number of anilines is 1. The van der Waals surface area contributed by atoms with E-state index in [-0.39, 0.29) is 18.1 Å². The minimum absolute atomic E-state index is 0.0901. The fourth-order valence-electron chi connectivity index (χ4n) is 2.43. The highest BCUT2D eigenvalue weighted by Crippen LogP contribution is 2.17. The van der Waals surface area contributed by atoms with Crippen molar-refractivity contribution in [1.82, 2.24) is 4.90 Å². The molecule has 19 heavy (non-hydrogen) atoms. The summed E-state index contributed by atoms with van der Waals surface area (Å²) in [5.41, 5.74) is 1.84. The molecule has 4 heteroatoms. The zero-order valence-corrected chi connectivity index (χ0v) is 12.1. The summed E-state index contributed by atoms with van der Waals surface area (Å²) in [6, 6.07) is 7.73. The predicted molar refractivity (Wildman–Crippen MR) is 76.7 cm³/mol. The smallest absolute Gasteiger partial charge is 0.254 e. The molecule has 1 saturated heterocycles. The molecule has 2 unspecified atom stereocenters. The topological polar surface area (TPSA) is 32.8 Å². The fraction of sp³-hybridized carbons (Fsp3) is 0.533. The van der Waals surface area contributed by atoms with Crippen LogP contribution in [0.5, 0.6) is 0 Å². The van der Waals surface area contributed by atoms with Crippen LogP contribution in [0.1, 0.15) is 24.2 Å². The molecule has 0 spiro atoms. The molecule has 0 saturated carbocycles. The average molecular weight is 262 g/mol. The normalized spacial score (nSPS) is 23.3. The molecule has 1 fully saturated rings. The Hall–Kier alpha value is -1.55. The summed E-state index contributed by atoms with van der Waals surface area (Å²) < 4.78 is 5.65. The first-order valence-electron chi connectivity index (χ1n) is 6.69. The summed E-state index contributed by atoms with van der Waals surface area (Å²) in [5.74, 6) is 0.0901. The second-order valence-corrected chi connectivity index (χ2v) is 5.41. The second kappa shape index (κ2) is 5.61. The molecule has 0 N–H and O–H groups in total. The highest BCUT2D eigenvalue weighted by Gasteiger charge is 2.26. The summed E-state index contributed by atoms with van der Waals surface area (Å²) >= 11 is 0. The van der Waals surface area contributed by atoms with Crippen LogP contribution in [0.25, 0.3) is 0 Å². The van der Waals surface area contributed by atoms with Gasteiger partial charge in [0.05, 0.1) is 12.2 Å². The van der Waals surface area contributed by atoms with Crippen LogP contribution in [0.4, 0.5) is 5.69 Å². The van der Waals surface area contributed by atoms with E-state index in [0.717, 1.165) is 11.3 Å². The molecule has 1 amide bonds. The molecule has 1 aromatic carbocycles. The van der Waals surface area contributed by atoms with Crippen LogP contribution < -0.4 is 4.90 Å². The second-order valence-electron chi connectivity index (χ2n) is 5.41. The lowest BCUT2D eigenvalue weighted by molar-refractivity contribution is -0.0586.